The Labute approximate surface area is 159 Å². The number of carbonyl (C=O) groups excluding carboxylic acids is 1. The fourth-order valence-corrected chi connectivity index (χ4v) is 5.66. The molecule has 6 heteroatoms. The molecule has 0 saturated carbocycles. The Morgan fingerprint density at radius 2 is 2.15 bits per heavy atom. The number of halogens is 1. The van der Waals surface area contributed by atoms with Gasteiger partial charge in [0.2, 0.25) is 0 Å². The van der Waals surface area contributed by atoms with E-state index in [9.17, 15) is 4.79 Å². The molecule has 2 aliphatic heterocycles. The number of methoxy groups -OCH3 is 1. The van der Waals surface area contributed by atoms with E-state index in [0.717, 1.165) is 30.9 Å². The third-order valence-corrected chi connectivity index (χ3v) is 6.64. The first-order valence-corrected chi connectivity index (χ1v) is 8.99. The Morgan fingerprint density at radius 3 is 2.88 bits per heavy atom. The van der Waals surface area contributed by atoms with Crippen LogP contribution in [-0.2, 0) is 21.4 Å². The molecule has 2 heterocycles. The summed E-state index contributed by atoms with van der Waals surface area (Å²) in [4.78, 5) is 14.1. The van der Waals surface area contributed by atoms with E-state index < -0.39 is 0 Å². The van der Waals surface area contributed by atoms with Crippen molar-refractivity contribution in [3.05, 3.63) is 35.4 Å². The minimum atomic E-state index is -0.346. The number of benzene rings is 1. The zero-order valence-corrected chi connectivity index (χ0v) is 16.0. The molecule has 0 aromatic heterocycles. The van der Waals surface area contributed by atoms with Crippen molar-refractivity contribution in [3.8, 4) is 11.5 Å². The molecule has 1 fully saturated rings. The first-order chi connectivity index (χ1) is 12.1. The zero-order valence-electron chi connectivity index (χ0n) is 15.2. The van der Waals surface area contributed by atoms with Crippen LogP contribution in [0.25, 0.3) is 0 Å². The number of likely N-dealkylation sites (tertiary alicyclic amines) is 1. The van der Waals surface area contributed by atoms with Crippen LogP contribution < -0.4 is 9.47 Å². The highest BCUT2D eigenvalue weighted by Gasteiger charge is 2.65. The van der Waals surface area contributed by atoms with E-state index in [0.29, 0.717) is 12.0 Å². The highest BCUT2D eigenvalue weighted by atomic mass is 35.5. The lowest BCUT2D eigenvalue weighted by Crippen LogP contribution is -2.65. The van der Waals surface area contributed by atoms with E-state index in [2.05, 4.69) is 24.1 Å². The van der Waals surface area contributed by atoms with E-state index in [1.807, 2.05) is 12.1 Å². The lowest BCUT2D eigenvalue weighted by atomic mass is 9.53. The summed E-state index contributed by atoms with van der Waals surface area (Å²) in [5, 5.41) is 0. The molecule has 140 valence electrons. The second-order valence-corrected chi connectivity index (χ2v) is 7.70. The summed E-state index contributed by atoms with van der Waals surface area (Å²) >= 11 is 0. The first-order valence-electron chi connectivity index (χ1n) is 8.99. The number of hydrogen-bond acceptors (Lipinski definition) is 5. The Morgan fingerprint density at radius 1 is 1.35 bits per heavy atom. The minimum Gasteiger partial charge on any atom is -0.493 e. The van der Waals surface area contributed by atoms with Gasteiger partial charge in [-0.15, -0.1) is 12.4 Å². The number of ether oxygens (including phenoxy) is 3. The molecule has 5 nitrogen and oxygen atoms in total. The van der Waals surface area contributed by atoms with Crippen LogP contribution in [0.2, 0.25) is 0 Å². The Kier molecular flexibility index (Phi) is 4.01. The van der Waals surface area contributed by atoms with Gasteiger partial charge in [-0.1, -0.05) is 12.1 Å². The average Bonchev–Trinajstić information content (AvgIpc) is 2.94. The van der Waals surface area contributed by atoms with E-state index in [1.165, 1.54) is 18.1 Å². The Balaban J connectivity index is 0.00000168. The van der Waals surface area contributed by atoms with Crippen LogP contribution in [0.1, 0.15) is 24.5 Å². The quantitative estimate of drug-likeness (QED) is 0.585. The second kappa shape index (κ2) is 5.89. The summed E-state index contributed by atoms with van der Waals surface area (Å²) in [5.74, 6) is 1.75. The summed E-state index contributed by atoms with van der Waals surface area (Å²) in [7, 11) is 3.89. The Hall–Kier alpha value is -1.72. The number of nitrogens with zero attached hydrogens (tertiary/aromatic N) is 1. The fraction of sp³-hybridized carbons (Fsp3) is 0.550. The lowest BCUT2D eigenvalue weighted by molar-refractivity contribution is -0.152. The number of carbonyl (C=O) groups is 1. The van der Waals surface area contributed by atoms with Crippen LogP contribution in [-0.4, -0.2) is 49.8 Å². The smallest absolute Gasteiger partial charge is 0.303 e. The summed E-state index contributed by atoms with van der Waals surface area (Å²) in [6, 6.07) is 4.65. The molecule has 2 aliphatic carbocycles. The van der Waals surface area contributed by atoms with Gasteiger partial charge in [-0.05, 0) is 44.1 Å². The third-order valence-electron chi connectivity index (χ3n) is 6.64. The molecule has 26 heavy (non-hydrogen) atoms. The summed E-state index contributed by atoms with van der Waals surface area (Å²) in [5.41, 5.74) is 2.53. The number of likely N-dealkylation sites (N-methyl/N-ethyl adjacent to an activating group) is 1. The largest absolute Gasteiger partial charge is 0.493 e. The van der Waals surface area contributed by atoms with Gasteiger partial charge in [0, 0.05) is 29.9 Å². The molecule has 1 aromatic carbocycles. The summed E-state index contributed by atoms with van der Waals surface area (Å²) < 4.78 is 17.7. The summed E-state index contributed by atoms with van der Waals surface area (Å²) in [6.45, 7) is 2.49. The molecule has 0 N–H and O–H groups in total. The SMILES string of the molecule is COc1ccc2c3c1O[C@H]1[C@@H](OC(C)=O)C=C[C@H]4[C@@H](C2)N(C)CC[C@@]341.Cl. The number of rotatable bonds is 2. The monoisotopic (exact) mass is 377 g/mol. The van der Waals surface area contributed by atoms with Gasteiger partial charge in [0.25, 0.3) is 0 Å². The van der Waals surface area contributed by atoms with Crippen molar-refractivity contribution < 1.29 is 19.0 Å². The standard InChI is InChI=1S/C20H23NO4.ClH/c1-11(22)24-16-7-5-13-14-10-12-4-6-15(23-3)18-17(12)20(13,19(16)25-18)8-9-21(14)2;/h4-7,13-14,16,19H,8-10H2,1-3H3;1H/t13-,14+,16-,19-,20-;/m0./s1. The van der Waals surface area contributed by atoms with Crippen LogP contribution in [0.3, 0.4) is 0 Å². The highest BCUT2D eigenvalue weighted by Crippen LogP contribution is 2.62. The van der Waals surface area contributed by atoms with Crippen molar-refractivity contribution in [1.29, 1.82) is 0 Å². The van der Waals surface area contributed by atoms with E-state index >= 15 is 0 Å². The molecular formula is C20H24ClNO4. The van der Waals surface area contributed by atoms with Crippen molar-refractivity contribution in [2.24, 2.45) is 5.92 Å². The van der Waals surface area contributed by atoms with Gasteiger partial charge in [-0.2, -0.15) is 0 Å². The molecule has 0 radical (unpaired) electrons. The van der Waals surface area contributed by atoms with Gasteiger partial charge in [0.05, 0.1) is 7.11 Å². The van der Waals surface area contributed by atoms with Crippen LogP contribution in [0, 0.1) is 5.92 Å². The number of piperidine rings is 1. The van der Waals surface area contributed by atoms with Crippen molar-refractivity contribution in [1.82, 2.24) is 4.90 Å². The molecule has 2 bridgehead atoms. The number of hydrogen-bond donors (Lipinski definition) is 0. The third kappa shape index (κ3) is 2.04. The van der Waals surface area contributed by atoms with Gasteiger partial charge in [0.1, 0.15) is 6.10 Å². The van der Waals surface area contributed by atoms with E-state index in [-0.39, 0.29) is 36.0 Å². The molecule has 0 amide bonds. The van der Waals surface area contributed by atoms with Crippen molar-refractivity contribution in [2.45, 2.75) is 43.4 Å². The molecule has 1 spiro atoms. The van der Waals surface area contributed by atoms with Crippen LogP contribution in [0.4, 0.5) is 0 Å². The molecule has 5 atom stereocenters. The maximum atomic E-state index is 11.6. The van der Waals surface area contributed by atoms with Crippen LogP contribution in [0.5, 0.6) is 11.5 Å². The topological polar surface area (TPSA) is 48.0 Å². The van der Waals surface area contributed by atoms with Crippen molar-refractivity contribution in [2.75, 3.05) is 20.7 Å². The number of esters is 1. The zero-order chi connectivity index (χ0) is 17.3. The normalized spacial score (nSPS) is 35.8. The maximum Gasteiger partial charge on any atom is 0.303 e. The minimum absolute atomic E-state index is 0. The molecule has 0 unspecified atom stereocenters. The van der Waals surface area contributed by atoms with Crippen molar-refractivity contribution >= 4 is 18.4 Å². The van der Waals surface area contributed by atoms with Crippen LogP contribution in [0.15, 0.2) is 24.3 Å². The predicted molar refractivity (Wildman–Crippen MR) is 99.3 cm³/mol. The highest BCUT2D eigenvalue weighted by molar-refractivity contribution is 5.85. The average molecular weight is 378 g/mol. The van der Waals surface area contributed by atoms with Gasteiger partial charge in [-0.25, -0.2) is 0 Å². The van der Waals surface area contributed by atoms with Gasteiger partial charge in [-0.3, -0.25) is 4.79 Å². The fourth-order valence-electron chi connectivity index (χ4n) is 5.66. The van der Waals surface area contributed by atoms with Gasteiger partial charge < -0.3 is 19.1 Å². The van der Waals surface area contributed by atoms with Gasteiger partial charge in [0.15, 0.2) is 17.6 Å². The molecule has 4 aliphatic rings. The molecule has 1 saturated heterocycles. The Bertz CT molecular complexity index is 794. The summed E-state index contributed by atoms with van der Waals surface area (Å²) in [6.07, 6.45) is 5.81. The lowest BCUT2D eigenvalue weighted by Gasteiger charge is -2.56. The predicted octanol–water partition coefficient (Wildman–Crippen LogP) is 2.49. The van der Waals surface area contributed by atoms with Crippen molar-refractivity contribution in [3.63, 3.8) is 0 Å². The van der Waals surface area contributed by atoms with Crippen LogP contribution >= 0.6 is 12.4 Å². The molecule has 5 rings (SSSR count). The van der Waals surface area contributed by atoms with E-state index in [1.54, 1.807) is 7.11 Å². The second-order valence-electron chi connectivity index (χ2n) is 7.70. The molecule has 1 aromatic rings. The first kappa shape index (κ1) is 17.7. The van der Waals surface area contributed by atoms with Gasteiger partial charge >= 0.3 is 5.97 Å². The maximum absolute atomic E-state index is 11.6. The molecular weight excluding hydrogens is 354 g/mol. The van der Waals surface area contributed by atoms with E-state index in [4.69, 9.17) is 14.2 Å².